The summed E-state index contributed by atoms with van der Waals surface area (Å²) in [6.45, 7) is 4.77. The molecule has 0 unspecified atom stereocenters. The van der Waals surface area contributed by atoms with Crippen molar-refractivity contribution in [1.29, 1.82) is 0 Å². The maximum Gasteiger partial charge on any atom is 0.0159 e. The van der Waals surface area contributed by atoms with Crippen LogP contribution in [0.5, 0.6) is 0 Å². The summed E-state index contributed by atoms with van der Waals surface area (Å²) >= 11 is 0. The van der Waals surface area contributed by atoms with Gasteiger partial charge in [0, 0.05) is 5.41 Å². The van der Waals surface area contributed by atoms with Crippen LogP contribution in [0, 0.1) is 0 Å². The molecule has 0 saturated carbocycles. The molecule has 9 aromatic rings. The van der Waals surface area contributed by atoms with Crippen LogP contribution in [0.1, 0.15) is 36.1 Å². The summed E-state index contributed by atoms with van der Waals surface area (Å²) in [6.07, 6.45) is 6.65. The second-order valence-electron chi connectivity index (χ2n) is 15.6. The van der Waals surface area contributed by atoms with E-state index in [0.717, 1.165) is 12.8 Å². The average molecular weight is 675 g/mol. The molecule has 0 aliphatic heterocycles. The van der Waals surface area contributed by atoms with Gasteiger partial charge in [0.05, 0.1) is 0 Å². The molecule has 0 fully saturated rings. The Bertz CT molecular complexity index is 2920. The fraction of sp³-hybridized carbons (Fsp3) is 0.0943. The zero-order valence-corrected chi connectivity index (χ0v) is 30.1. The normalized spacial score (nSPS) is 14.2. The van der Waals surface area contributed by atoms with Crippen molar-refractivity contribution in [2.45, 2.75) is 32.1 Å². The largest absolute Gasteiger partial charge is 0.0838 e. The first-order chi connectivity index (χ1) is 26.0. The highest BCUT2D eigenvalue weighted by molar-refractivity contribution is 6.25. The van der Waals surface area contributed by atoms with Gasteiger partial charge in [-0.2, -0.15) is 0 Å². The van der Waals surface area contributed by atoms with Crippen LogP contribution in [-0.4, -0.2) is 0 Å². The van der Waals surface area contributed by atoms with Crippen LogP contribution < -0.4 is 0 Å². The zero-order valence-electron chi connectivity index (χ0n) is 30.1. The lowest BCUT2D eigenvalue weighted by atomic mass is 9.80. The molecule has 11 rings (SSSR count). The first-order valence-electron chi connectivity index (χ1n) is 18.9. The Morgan fingerprint density at radius 2 is 0.811 bits per heavy atom. The quantitative estimate of drug-likeness (QED) is 0.129. The molecule has 0 aromatic heterocycles. The van der Waals surface area contributed by atoms with Crippen molar-refractivity contribution in [2.75, 3.05) is 0 Å². The van der Waals surface area contributed by atoms with E-state index in [9.17, 15) is 0 Å². The Morgan fingerprint density at radius 1 is 0.358 bits per heavy atom. The van der Waals surface area contributed by atoms with E-state index in [1.807, 2.05) is 0 Å². The first-order valence-corrected chi connectivity index (χ1v) is 18.9. The van der Waals surface area contributed by atoms with Gasteiger partial charge < -0.3 is 0 Å². The number of hydrogen-bond acceptors (Lipinski definition) is 0. The van der Waals surface area contributed by atoms with Crippen LogP contribution in [0.3, 0.4) is 0 Å². The van der Waals surface area contributed by atoms with Crippen LogP contribution in [0.15, 0.2) is 170 Å². The fourth-order valence-corrected chi connectivity index (χ4v) is 9.40. The molecule has 9 aromatic carbocycles. The molecule has 0 saturated heterocycles. The van der Waals surface area contributed by atoms with Crippen LogP contribution in [0.2, 0.25) is 0 Å². The van der Waals surface area contributed by atoms with E-state index >= 15 is 0 Å². The predicted octanol–water partition coefficient (Wildman–Crippen LogP) is 14.2. The van der Waals surface area contributed by atoms with E-state index in [0.29, 0.717) is 0 Å². The predicted molar refractivity (Wildman–Crippen MR) is 226 cm³/mol. The molecule has 0 amide bonds. The van der Waals surface area contributed by atoms with Crippen molar-refractivity contribution in [3.05, 3.63) is 192 Å². The smallest absolute Gasteiger partial charge is 0.0159 e. The summed E-state index contributed by atoms with van der Waals surface area (Å²) in [6, 6.07) is 59.7. The second-order valence-corrected chi connectivity index (χ2v) is 15.6. The van der Waals surface area contributed by atoms with Crippen molar-refractivity contribution < 1.29 is 0 Å². The highest BCUT2D eigenvalue weighted by atomic mass is 14.4. The van der Waals surface area contributed by atoms with Crippen LogP contribution in [0.25, 0.3) is 88.0 Å². The maximum absolute atomic E-state index is 2.43. The van der Waals surface area contributed by atoms with Gasteiger partial charge >= 0.3 is 0 Å². The second kappa shape index (κ2) is 11.4. The van der Waals surface area contributed by atoms with Gasteiger partial charge in [-0.05, 0) is 135 Å². The Kier molecular flexibility index (Phi) is 6.53. The fourth-order valence-electron chi connectivity index (χ4n) is 9.40. The van der Waals surface area contributed by atoms with Crippen LogP contribution >= 0.6 is 0 Å². The van der Waals surface area contributed by atoms with E-state index < -0.39 is 0 Å². The van der Waals surface area contributed by atoms with Gasteiger partial charge in [0.1, 0.15) is 0 Å². The SMILES string of the molecule is CC1(C)c2cc(-c3ccc(-c4ccc5c(c4)CC=CC5)cc3)ccc2-c2ccc(-c3ccc(-c4ccc5ccc6cccc7ccc4c5c67)cc3)cc21. The van der Waals surface area contributed by atoms with E-state index in [-0.39, 0.29) is 5.41 Å². The summed E-state index contributed by atoms with van der Waals surface area (Å²) in [5, 5.41) is 7.96. The van der Waals surface area contributed by atoms with Crippen molar-refractivity contribution in [3.8, 4) is 55.6 Å². The van der Waals surface area contributed by atoms with Crippen molar-refractivity contribution >= 4 is 32.3 Å². The third-order valence-corrected chi connectivity index (χ3v) is 12.3. The van der Waals surface area contributed by atoms with Gasteiger partial charge in [-0.3, -0.25) is 0 Å². The third-order valence-electron chi connectivity index (χ3n) is 12.3. The van der Waals surface area contributed by atoms with Gasteiger partial charge in [-0.25, -0.2) is 0 Å². The minimum Gasteiger partial charge on any atom is -0.0838 e. The molecular formula is C53H38. The summed E-state index contributed by atoms with van der Waals surface area (Å²) in [7, 11) is 0. The number of fused-ring (bicyclic) bond motifs is 4. The summed E-state index contributed by atoms with van der Waals surface area (Å²) in [5.41, 5.74) is 18.5. The van der Waals surface area contributed by atoms with E-state index in [4.69, 9.17) is 0 Å². The number of hydrogen-bond donors (Lipinski definition) is 0. The van der Waals surface area contributed by atoms with Crippen molar-refractivity contribution in [1.82, 2.24) is 0 Å². The first kappa shape index (κ1) is 30.4. The van der Waals surface area contributed by atoms with Crippen molar-refractivity contribution in [2.24, 2.45) is 0 Å². The van der Waals surface area contributed by atoms with Crippen molar-refractivity contribution in [3.63, 3.8) is 0 Å². The molecule has 0 heterocycles. The molecule has 2 aliphatic rings. The summed E-state index contributed by atoms with van der Waals surface area (Å²) < 4.78 is 0. The lowest BCUT2D eigenvalue weighted by molar-refractivity contribution is 0.661. The highest BCUT2D eigenvalue weighted by Gasteiger charge is 2.36. The molecule has 2 aliphatic carbocycles. The van der Waals surface area contributed by atoms with Gasteiger partial charge in [-0.1, -0.05) is 172 Å². The minimum absolute atomic E-state index is 0.101. The van der Waals surface area contributed by atoms with Gasteiger partial charge in [0.15, 0.2) is 0 Å². The lowest BCUT2D eigenvalue weighted by Crippen LogP contribution is -2.15. The van der Waals surface area contributed by atoms with E-state index in [1.54, 1.807) is 0 Å². The number of benzene rings is 9. The Hall–Kier alpha value is -6.24. The molecule has 0 atom stereocenters. The molecule has 250 valence electrons. The molecule has 0 spiro atoms. The minimum atomic E-state index is -0.101. The maximum atomic E-state index is 2.43. The Morgan fingerprint density at radius 3 is 1.43 bits per heavy atom. The third kappa shape index (κ3) is 4.69. The van der Waals surface area contributed by atoms with Crippen LogP contribution in [0.4, 0.5) is 0 Å². The van der Waals surface area contributed by atoms with Gasteiger partial charge in [-0.15, -0.1) is 0 Å². The van der Waals surface area contributed by atoms with Gasteiger partial charge in [0.2, 0.25) is 0 Å². The zero-order chi connectivity index (χ0) is 35.3. The summed E-state index contributed by atoms with van der Waals surface area (Å²) in [4.78, 5) is 0. The molecule has 0 N–H and O–H groups in total. The topological polar surface area (TPSA) is 0 Å². The standard InChI is InChI=1S/C53H38/c1-53(2)49-31-43(35-12-10-34(11-13-35)42-21-16-33-6-3-4-7-41(33)30-42)24-27-46(49)47-28-25-44(32-50(47)53)36-14-17-37(18-15-36)45-26-22-40-20-19-38-8-5-9-39-23-29-48(45)52(40)51(38)39/h3-5,8-32H,6-7H2,1-2H3. The molecule has 0 radical (unpaired) electrons. The Balaban J connectivity index is 0.893. The molecular weight excluding hydrogens is 637 g/mol. The molecule has 0 heteroatoms. The molecule has 53 heavy (non-hydrogen) atoms. The monoisotopic (exact) mass is 674 g/mol. The van der Waals surface area contributed by atoms with Gasteiger partial charge in [0.25, 0.3) is 0 Å². The van der Waals surface area contributed by atoms with Crippen LogP contribution in [-0.2, 0) is 18.3 Å². The number of allylic oxidation sites excluding steroid dienone is 2. The van der Waals surface area contributed by atoms with E-state index in [1.165, 1.54) is 110 Å². The summed E-state index contributed by atoms with van der Waals surface area (Å²) in [5.74, 6) is 0. The molecule has 0 bridgehead atoms. The Labute approximate surface area is 311 Å². The van der Waals surface area contributed by atoms with E-state index in [2.05, 4.69) is 184 Å². The average Bonchev–Trinajstić information content (AvgIpc) is 3.44. The molecule has 0 nitrogen and oxygen atoms in total. The number of rotatable bonds is 4. The highest BCUT2D eigenvalue weighted by Crippen LogP contribution is 2.51. The lowest BCUT2D eigenvalue weighted by Gasteiger charge is -2.22.